The minimum Gasteiger partial charge on any atom is -0.493 e. The van der Waals surface area contributed by atoms with Crippen LogP contribution in [0.15, 0.2) is 30.3 Å². The Morgan fingerprint density at radius 3 is 3.00 bits per heavy atom. The second-order valence-electron chi connectivity index (χ2n) is 6.52. The number of nitrogens with one attached hydrogen (secondary N) is 1. The maximum absolute atomic E-state index is 12.1. The lowest BCUT2D eigenvalue weighted by molar-refractivity contribution is -0.121. The van der Waals surface area contributed by atoms with Crippen molar-refractivity contribution in [2.24, 2.45) is 5.92 Å². The topological polar surface area (TPSA) is 56.2 Å². The lowest BCUT2D eigenvalue weighted by atomic mass is 9.97. The minimum absolute atomic E-state index is 0.0843. The number of hydrogen-bond acceptors (Lipinski definition) is 3. The Hall–Kier alpha value is -2.30. The van der Waals surface area contributed by atoms with Crippen molar-refractivity contribution in [3.05, 3.63) is 47.3 Å². The van der Waals surface area contributed by atoms with E-state index in [2.05, 4.69) is 16.5 Å². The van der Waals surface area contributed by atoms with E-state index in [1.807, 2.05) is 42.8 Å². The average molecular weight is 327 g/mol. The van der Waals surface area contributed by atoms with Gasteiger partial charge in [-0.05, 0) is 50.3 Å². The van der Waals surface area contributed by atoms with E-state index in [1.165, 1.54) is 5.56 Å². The third kappa shape index (κ3) is 4.16. The summed E-state index contributed by atoms with van der Waals surface area (Å²) in [5.74, 6) is 1.49. The SMILES string of the molecule is Cc1cc(C)n(CCC(=O)NC[C@H]2CCOc3ccccc3C2)n1. The first-order valence-corrected chi connectivity index (χ1v) is 8.60. The number of para-hydroxylation sites is 1. The van der Waals surface area contributed by atoms with E-state index in [0.717, 1.165) is 30.0 Å². The summed E-state index contributed by atoms with van der Waals surface area (Å²) in [6.07, 6.45) is 2.38. The molecule has 0 unspecified atom stereocenters. The Bertz CT molecular complexity index is 708. The van der Waals surface area contributed by atoms with Crippen molar-refractivity contribution in [1.82, 2.24) is 15.1 Å². The van der Waals surface area contributed by atoms with Crippen molar-refractivity contribution < 1.29 is 9.53 Å². The molecular weight excluding hydrogens is 302 g/mol. The molecular formula is C19H25N3O2. The molecule has 0 saturated carbocycles. The van der Waals surface area contributed by atoms with E-state index < -0.39 is 0 Å². The molecule has 128 valence electrons. The molecule has 1 N–H and O–H groups in total. The second-order valence-corrected chi connectivity index (χ2v) is 6.52. The van der Waals surface area contributed by atoms with Crippen LogP contribution in [-0.2, 0) is 17.8 Å². The zero-order chi connectivity index (χ0) is 16.9. The first kappa shape index (κ1) is 16.6. The maximum Gasteiger partial charge on any atom is 0.221 e. The van der Waals surface area contributed by atoms with Gasteiger partial charge in [0.05, 0.1) is 12.3 Å². The molecule has 2 heterocycles. The molecule has 24 heavy (non-hydrogen) atoms. The smallest absolute Gasteiger partial charge is 0.221 e. The van der Waals surface area contributed by atoms with Crippen molar-refractivity contribution in [2.45, 2.75) is 39.7 Å². The van der Waals surface area contributed by atoms with Gasteiger partial charge in [-0.1, -0.05) is 18.2 Å². The second kappa shape index (κ2) is 7.51. The molecule has 3 rings (SSSR count). The van der Waals surface area contributed by atoms with Crippen molar-refractivity contribution in [2.75, 3.05) is 13.2 Å². The first-order chi connectivity index (χ1) is 11.6. The number of ether oxygens (including phenoxy) is 1. The quantitative estimate of drug-likeness (QED) is 0.918. The normalized spacial score (nSPS) is 16.8. The van der Waals surface area contributed by atoms with Gasteiger partial charge in [-0.25, -0.2) is 0 Å². The van der Waals surface area contributed by atoms with Crippen LogP contribution in [0.2, 0.25) is 0 Å². The van der Waals surface area contributed by atoms with Crippen LogP contribution in [0, 0.1) is 19.8 Å². The number of carbonyl (C=O) groups is 1. The molecule has 5 heteroatoms. The molecule has 1 aromatic carbocycles. The van der Waals surface area contributed by atoms with Crippen LogP contribution >= 0.6 is 0 Å². The van der Waals surface area contributed by atoms with Gasteiger partial charge < -0.3 is 10.1 Å². The fourth-order valence-corrected chi connectivity index (χ4v) is 3.19. The summed E-state index contributed by atoms with van der Waals surface area (Å²) in [4.78, 5) is 12.1. The lowest BCUT2D eigenvalue weighted by Crippen LogP contribution is -2.31. The molecule has 1 atom stereocenters. The van der Waals surface area contributed by atoms with Crippen molar-refractivity contribution in [1.29, 1.82) is 0 Å². The fraction of sp³-hybridized carbons (Fsp3) is 0.474. The fourth-order valence-electron chi connectivity index (χ4n) is 3.19. The molecule has 1 aromatic heterocycles. The molecule has 5 nitrogen and oxygen atoms in total. The minimum atomic E-state index is 0.0843. The van der Waals surface area contributed by atoms with Crippen LogP contribution in [0.4, 0.5) is 0 Å². The summed E-state index contributed by atoms with van der Waals surface area (Å²) in [6.45, 7) is 6.02. The average Bonchev–Trinajstić information content (AvgIpc) is 2.77. The number of amides is 1. The highest BCUT2D eigenvalue weighted by molar-refractivity contribution is 5.75. The van der Waals surface area contributed by atoms with Crippen LogP contribution in [0.25, 0.3) is 0 Å². The Balaban J connectivity index is 1.47. The van der Waals surface area contributed by atoms with Gasteiger partial charge >= 0.3 is 0 Å². The highest BCUT2D eigenvalue weighted by Crippen LogP contribution is 2.26. The number of carbonyl (C=O) groups excluding carboxylic acids is 1. The van der Waals surface area contributed by atoms with Crippen LogP contribution < -0.4 is 10.1 Å². The molecule has 0 radical (unpaired) electrons. The third-order valence-corrected chi connectivity index (χ3v) is 4.51. The standard InChI is InChI=1S/C19H25N3O2/c1-14-11-15(2)22(21-14)9-7-19(23)20-13-16-8-10-24-18-6-4-3-5-17(18)12-16/h3-6,11,16H,7-10,12-13H2,1-2H3,(H,20,23)/t16-/m0/s1. The molecule has 1 aliphatic heterocycles. The molecule has 0 aliphatic carbocycles. The number of hydrogen-bond donors (Lipinski definition) is 1. The summed E-state index contributed by atoms with van der Waals surface area (Å²) in [7, 11) is 0. The highest BCUT2D eigenvalue weighted by Gasteiger charge is 2.18. The van der Waals surface area contributed by atoms with Crippen LogP contribution in [0.1, 0.15) is 29.8 Å². The van der Waals surface area contributed by atoms with E-state index in [4.69, 9.17) is 4.74 Å². The van der Waals surface area contributed by atoms with Crippen molar-refractivity contribution in [3.63, 3.8) is 0 Å². The predicted octanol–water partition coefficient (Wildman–Crippen LogP) is 2.65. The van der Waals surface area contributed by atoms with E-state index >= 15 is 0 Å². The molecule has 0 saturated heterocycles. The summed E-state index contributed by atoms with van der Waals surface area (Å²) >= 11 is 0. The Labute approximate surface area is 143 Å². The largest absolute Gasteiger partial charge is 0.493 e. The van der Waals surface area contributed by atoms with Gasteiger partial charge in [0.1, 0.15) is 5.75 Å². The van der Waals surface area contributed by atoms with E-state index in [0.29, 0.717) is 32.0 Å². The maximum atomic E-state index is 12.1. The predicted molar refractivity (Wildman–Crippen MR) is 93.1 cm³/mol. The van der Waals surface area contributed by atoms with Gasteiger partial charge in [-0.3, -0.25) is 9.48 Å². The van der Waals surface area contributed by atoms with Crippen molar-refractivity contribution in [3.8, 4) is 5.75 Å². The Morgan fingerprint density at radius 2 is 2.21 bits per heavy atom. The Morgan fingerprint density at radius 1 is 1.38 bits per heavy atom. The zero-order valence-electron chi connectivity index (χ0n) is 14.4. The lowest BCUT2D eigenvalue weighted by Gasteiger charge is -2.14. The van der Waals surface area contributed by atoms with Crippen molar-refractivity contribution >= 4 is 5.91 Å². The monoisotopic (exact) mass is 327 g/mol. The molecule has 1 amide bonds. The number of rotatable bonds is 5. The third-order valence-electron chi connectivity index (χ3n) is 4.51. The summed E-state index contributed by atoms with van der Waals surface area (Å²) in [6, 6.07) is 10.2. The Kier molecular flexibility index (Phi) is 5.18. The number of benzene rings is 1. The summed E-state index contributed by atoms with van der Waals surface area (Å²) in [5.41, 5.74) is 3.32. The molecule has 1 aliphatic rings. The molecule has 0 fully saturated rings. The molecule has 0 spiro atoms. The van der Waals surface area contributed by atoms with Gasteiger partial charge in [-0.2, -0.15) is 5.10 Å². The van der Waals surface area contributed by atoms with Gasteiger partial charge in [0.15, 0.2) is 0 Å². The number of aromatic nitrogens is 2. The number of nitrogens with zero attached hydrogens (tertiary/aromatic N) is 2. The first-order valence-electron chi connectivity index (χ1n) is 8.60. The molecule has 2 aromatic rings. The van der Waals surface area contributed by atoms with Gasteiger partial charge in [0.2, 0.25) is 5.91 Å². The molecule has 0 bridgehead atoms. The number of aryl methyl sites for hydroxylation is 3. The summed E-state index contributed by atoms with van der Waals surface area (Å²) < 4.78 is 7.68. The van der Waals surface area contributed by atoms with Gasteiger partial charge in [0, 0.05) is 25.2 Å². The van der Waals surface area contributed by atoms with Crippen LogP contribution in [0.5, 0.6) is 5.75 Å². The van der Waals surface area contributed by atoms with Gasteiger partial charge in [0.25, 0.3) is 0 Å². The summed E-state index contributed by atoms with van der Waals surface area (Å²) in [5, 5.41) is 7.46. The van der Waals surface area contributed by atoms with E-state index in [1.54, 1.807) is 0 Å². The van der Waals surface area contributed by atoms with Crippen LogP contribution in [0.3, 0.4) is 0 Å². The highest BCUT2D eigenvalue weighted by atomic mass is 16.5. The van der Waals surface area contributed by atoms with Crippen LogP contribution in [-0.4, -0.2) is 28.8 Å². The van der Waals surface area contributed by atoms with E-state index in [9.17, 15) is 4.79 Å². The zero-order valence-corrected chi connectivity index (χ0v) is 14.4. The van der Waals surface area contributed by atoms with E-state index in [-0.39, 0.29) is 5.91 Å². The number of fused-ring (bicyclic) bond motifs is 1. The van der Waals surface area contributed by atoms with Gasteiger partial charge in [-0.15, -0.1) is 0 Å².